The highest BCUT2D eigenvalue weighted by molar-refractivity contribution is 5.96. The molecule has 2 amide bonds. The van der Waals surface area contributed by atoms with Crippen molar-refractivity contribution >= 4 is 11.8 Å². The Bertz CT molecular complexity index is 470. The summed E-state index contributed by atoms with van der Waals surface area (Å²) >= 11 is 0. The fraction of sp³-hybridized carbons (Fsp3) is 0.429. The van der Waals surface area contributed by atoms with Gasteiger partial charge in [-0.05, 0) is 30.5 Å². The Morgan fingerprint density at radius 1 is 1.26 bits per heavy atom. The van der Waals surface area contributed by atoms with Gasteiger partial charge in [-0.2, -0.15) is 0 Å². The van der Waals surface area contributed by atoms with Crippen molar-refractivity contribution in [2.75, 3.05) is 13.1 Å². The molecule has 0 radical (unpaired) electrons. The molecule has 5 heteroatoms. The predicted octanol–water partition coefficient (Wildman–Crippen LogP) is 1.20. The lowest BCUT2D eigenvalue weighted by atomic mass is 10.1. The summed E-state index contributed by atoms with van der Waals surface area (Å²) in [5.41, 5.74) is 1.03. The normalized spacial score (nSPS) is 10.3. The molecule has 0 fully saturated rings. The van der Waals surface area contributed by atoms with Crippen LogP contribution in [0, 0.1) is 12.8 Å². The van der Waals surface area contributed by atoms with E-state index in [1.54, 1.807) is 19.1 Å². The fourth-order valence-electron chi connectivity index (χ4n) is 1.39. The van der Waals surface area contributed by atoms with E-state index < -0.39 is 0 Å². The molecule has 0 heterocycles. The van der Waals surface area contributed by atoms with Gasteiger partial charge in [0, 0.05) is 12.1 Å². The lowest BCUT2D eigenvalue weighted by molar-refractivity contribution is -0.120. The summed E-state index contributed by atoms with van der Waals surface area (Å²) in [6.45, 7) is 6.25. The van der Waals surface area contributed by atoms with Gasteiger partial charge in [0.2, 0.25) is 5.91 Å². The van der Waals surface area contributed by atoms with Gasteiger partial charge in [-0.1, -0.05) is 19.9 Å². The first-order valence-corrected chi connectivity index (χ1v) is 6.24. The molecule has 3 N–H and O–H groups in total. The molecule has 0 saturated heterocycles. The summed E-state index contributed by atoms with van der Waals surface area (Å²) < 4.78 is 0. The first-order chi connectivity index (χ1) is 8.90. The number of aromatic hydroxyl groups is 1. The van der Waals surface area contributed by atoms with Crippen LogP contribution >= 0.6 is 0 Å². The molecule has 0 aliphatic rings. The van der Waals surface area contributed by atoms with Gasteiger partial charge in [-0.3, -0.25) is 9.59 Å². The molecule has 0 unspecified atom stereocenters. The van der Waals surface area contributed by atoms with Crippen molar-refractivity contribution < 1.29 is 14.7 Å². The van der Waals surface area contributed by atoms with E-state index in [0.29, 0.717) is 23.6 Å². The van der Waals surface area contributed by atoms with Crippen molar-refractivity contribution in [2.24, 2.45) is 5.92 Å². The number of hydrogen-bond acceptors (Lipinski definition) is 3. The molecular weight excluding hydrogens is 244 g/mol. The molecule has 1 rings (SSSR count). The van der Waals surface area contributed by atoms with E-state index in [0.717, 1.165) is 0 Å². The molecule has 0 spiro atoms. The SMILES string of the molecule is Cc1ccc(C(=O)NCC(=O)NCC(C)C)cc1O. The summed E-state index contributed by atoms with van der Waals surface area (Å²) in [5.74, 6) is -0.168. The van der Waals surface area contributed by atoms with E-state index in [2.05, 4.69) is 10.6 Å². The second-order valence-corrected chi connectivity index (χ2v) is 4.88. The molecule has 1 aromatic carbocycles. The third kappa shape index (κ3) is 4.99. The van der Waals surface area contributed by atoms with E-state index in [4.69, 9.17) is 0 Å². The number of amides is 2. The maximum atomic E-state index is 11.7. The van der Waals surface area contributed by atoms with E-state index in [1.165, 1.54) is 6.07 Å². The summed E-state index contributed by atoms with van der Waals surface area (Å²) in [6, 6.07) is 4.65. The van der Waals surface area contributed by atoms with Gasteiger partial charge < -0.3 is 15.7 Å². The average molecular weight is 264 g/mol. The van der Waals surface area contributed by atoms with Gasteiger partial charge in [-0.15, -0.1) is 0 Å². The summed E-state index contributed by atoms with van der Waals surface area (Å²) in [7, 11) is 0. The number of benzene rings is 1. The van der Waals surface area contributed by atoms with Crippen molar-refractivity contribution in [1.82, 2.24) is 10.6 Å². The number of carbonyl (C=O) groups excluding carboxylic acids is 2. The zero-order valence-electron chi connectivity index (χ0n) is 11.5. The molecule has 0 atom stereocenters. The van der Waals surface area contributed by atoms with Crippen LogP contribution in [-0.4, -0.2) is 30.0 Å². The molecule has 0 aliphatic carbocycles. The Morgan fingerprint density at radius 2 is 1.95 bits per heavy atom. The van der Waals surface area contributed by atoms with Gasteiger partial charge in [0.25, 0.3) is 5.91 Å². The Morgan fingerprint density at radius 3 is 2.53 bits per heavy atom. The highest BCUT2D eigenvalue weighted by Gasteiger charge is 2.09. The lowest BCUT2D eigenvalue weighted by Crippen LogP contribution is -2.38. The molecule has 1 aromatic rings. The number of aryl methyl sites for hydroxylation is 1. The van der Waals surface area contributed by atoms with Crippen LogP contribution in [0.5, 0.6) is 5.75 Å². The minimum atomic E-state index is -0.380. The Hall–Kier alpha value is -2.04. The quantitative estimate of drug-likeness (QED) is 0.747. The second kappa shape index (κ2) is 6.78. The number of carbonyl (C=O) groups is 2. The van der Waals surface area contributed by atoms with Crippen molar-refractivity contribution in [1.29, 1.82) is 0 Å². The number of hydrogen-bond donors (Lipinski definition) is 3. The van der Waals surface area contributed by atoms with Gasteiger partial charge in [0.1, 0.15) is 5.75 Å². The average Bonchev–Trinajstić information content (AvgIpc) is 2.36. The second-order valence-electron chi connectivity index (χ2n) is 4.88. The lowest BCUT2D eigenvalue weighted by Gasteiger charge is -2.09. The van der Waals surface area contributed by atoms with Gasteiger partial charge >= 0.3 is 0 Å². The molecule has 0 saturated carbocycles. The molecule has 0 aromatic heterocycles. The van der Waals surface area contributed by atoms with Crippen LogP contribution in [0.2, 0.25) is 0 Å². The van der Waals surface area contributed by atoms with E-state index >= 15 is 0 Å². The van der Waals surface area contributed by atoms with Crippen molar-refractivity contribution in [3.8, 4) is 5.75 Å². The Balaban J connectivity index is 2.47. The fourth-order valence-corrected chi connectivity index (χ4v) is 1.39. The zero-order valence-corrected chi connectivity index (χ0v) is 11.5. The smallest absolute Gasteiger partial charge is 0.251 e. The van der Waals surface area contributed by atoms with Crippen LogP contribution in [0.1, 0.15) is 29.8 Å². The van der Waals surface area contributed by atoms with Crippen molar-refractivity contribution in [2.45, 2.75) is 20.8 Å². The molecule has 104 valence electrons. The van der Waals surface area contributed by atoms with E-state index in [1.807, 2.05) is 13.8 Å². The molecule has 19 heavy (non-hydrogen) atoms. The topological polar surface area (TPSA) is 78.4 Å². The van der Waals surface area contributed by atoms with Gasteiger partial charge in [0.15, 0.2) is 0 Å². The highest BCUT2D eigenvalue weighted by atomic mass is 16.3. The van der Waals surface area contributed by atoms with Crippen molar-refractivity contribution in [3.05, 3.63) is 29.3 Å². The summed E-state index contributed by atoms with van der Waals surface area (Å²) in [6.07, 6.45) is 0. The van der Waals surface area contributed by atoms with Gasteiger partial charge in [0.05, 0.1) is 6.54 Å². The summed E-state index contributed by atoms with van der Waals surface area (Å²) in [5, 5.41) is 14.7. The third-order valence-corrected chi connectivity index (χ3v) is 2.59. The molecule has 0 aliphatic heterocycles. The van der Waals surface area contributed by atoms with Gasteiger partial charge in [-0.25, -0.2) is 0 Å². The van der Waals surface area contributed by atoms with Crippen LogP contribution in [-0.2, 0) is 4.79 Å². The maximum Gasteiger partial charge on any atom is 0.251 e. The maximum absolute atomic E-state index is 11.7. The summed E-state index contributed by atoms with van der Waals surface area (Å²) in [4.78, 5) is 23.2. The molecule has 5 nitrogen and oxygen atoms in total. The standard InChI is InChI=1S/C14H20N2O3/c1-9(2)7-15-13(18)8-16-14(19)11-5-4-10(3)12(17)6-11/h4-6,9,17H,7-8H2,1-3H3,(H,15,18)(H,16,19). The van der Waals surface area contributed by atoms with E-state index in [-0.39, 0.29) is 24.1 Å². The molecular formula is C14H20N2O3. The molecule has 0 bridgehead atoms. The van der Waals surface area contributed by atoms with Crippen LogP contribution in [0.15, 0.2) is 18.2 Å². The third-order valence-electron chi connectivity index (χ3n) is 2.59. The monoisotopic (exact) mass is 264 g/mol. The number of phenols is 1. The van der Waals surface area contributed by atoms with Crippen LogP contribution in [0.4, 0.5) is 0 Å². The number of phenolic OH excluding ortho intramolecular Hbond substituents is 1. The van der Waals surface area contributed by atoms with Crippen LogP contribution in [0.25, 0.3) is 0 Å². The first kappa shape index (κ1) is 15.0. The van der Waals surface area contributed by atoms with E-state index in [9.17, 15) is 14.7 Å². The highest BCUT2D eigenvalue weighted by Crippen LogP contribution is 2.17. The minimum absolute atomic E-state index is 0.0666. The zero-order chi connectivity index (χ0) is 14.4. The number of nitrogens with one attached hydrogen (secondary N) is 2. The van der Waals surface area contributed by atoms with Crippen molar-refractivity contribution in [3.63, 3.8) is 0 Å². The van der Waals surface area contributed by atoms with Crippen LogP contribution in [0.3, 0.4) is 0 Å². The predicted molar refractivity (Wildman–Crippen MR) is 73.0 cm³/mol. The largest absolute Gasteiger partial charge is 0.508 e. The minimum Gasteiger partial charge on any atom is -0.508 e. The Kier molecular flexibility index (Phi) is 5.36. The van der Waals surface area contributed by atoms with Crippen LogP contribution < -0.4 is 10.6 Å². The number of rotatable bonds is 5. The first-order valence-electron chi connectivity index (χ1n) is 6.24. The Labute approximate surface area is 113 Å².